The molecule has 1 saturated heterocycles. The molecule has 0 aliphatic carbocycles. The van der Waals surface area contributed by atoms with Crippen molar-refractivity contribution in [1.29, 1.82) is 0 Å². The Morgan fingerprint density at radius 3 is 2.71 bits per heavy atom. The van der Waals surface area contributed by atoms with Gasteiger partial charge in [-0.1, -0.05) is 6.08 Å². The lowest BCUT2D eigenvalue weighted by Gasteiger charge is -2.27. The van der Waals surface area contributed by atoms with Crippen LogP contribution in [0.5, 0.6) is 11.5 Å². The minimum absolute atomic E-state index is 0.0897. The highest BCUT2D eigenvalue weighted by molar-refractivity contribution is 5.95. The quantitative estimate of drug-likeness (QED) is 0.745. The summed E-state index contributed by atoms with van der Waals surface area (Å²) in [5.74, 6) is 1.65. The lowest BCUT2D eigenvalue weighted by molar-refractivity contribution is 0.0941. The van der Waals surface area contributed by atoms with E-state index < -0.39 is 0 Å². The Balaban J connectivity index is 2.18. The number of ether oxygens (including phenoxy) is 2. The number of methoxy groups -OCH3 is 2. The van der Waals surface area contributed by atoms with Gasteiger partial charge in [-0.25, -0.2) is 0 Å². The fourth-order valence-electron chi connectivity index (χ4n) is 2.31. The van der Waals surface area contributed by atoms with Crippen LogP contribution in [0.4, 0.5) is 0 Å². The minimum Gasteiger partial charge on any atom is -0.493 e. The first-order valence-corrected chi connectivity index (χ1v) is 7.04. The predicted octanol–water partition coefficient (Wildman–Crippen LogP) is 1.38. The van der Waals surface area contributed by atoms with Gasteiger partial charge in [0.25, 0.3) is 5.91 Å². The summed E-state index contributed by atoms with van der Waals surface area (Å²) in [6.45, 7) is 6.36. The molecule has 0 bridgehead atoms. The summed E-state index contributed by atoms with van der Waals surface area (Å²) in [5, 5.41) is 6.14. The van der Waals surface area contributed by atoms with Gasteiger partial charge in [-0.15, -0.1) is 6.58 Å². The molecule has 1 aromatic rings. The van der Waals surface area contributed by atoms with Gasteiger partial charge in [-0.05, 0) is 18.6 Å². The summed E-state index contributed by atoms with van der Waals surface area (Å²) >= 11 is 0. The topological polar surface area (TPSA) is 59.6 Å². The Hall–Kier alpha value is -2.01. The highest BCUT2D eigenvalue weighted by Gasteiger charge is 2.19. The summed E-state index contributed by atoms with van der Waals surface area (Å²) in [6.07, 6.45) is 2.40. The van der Waals surface area contributed by atoms with E-state index in [-0.39, 0.29) is 5.91 Å². The monoisotopic (exact) mass is 290 g/mol. The van der Waals surface area contributed by atoms with Crippen molar-refractivity contribution in [3.05, 3.63) is 35.9 Å². The molecule has 1 fully saturated rings. The lowest BCUT2D eigenvalue weighted by atomic mass is 10.0. The number of hydrogen-bond acceptors (Lipinski definition) is 4. The summed E-state index contributed by atoms with van der Waals surface area (Å²) in [6, 6.07) is 3.54. The molecule has 2 N–H and O–H groups in total. The number of hydrogen-bond donors (Lipinski definition) is 2. The highest BCUT2D eigenvalue weighted by atomic mass is 16.5. The normalized spacial score (nSPS) is 14.2. The highest BCUT2D eigenvalue weighted by Crippen LogP contribution is 2.33. The number of amides is 1. The van der Waals surface area contributed by atoms with Gasteiger partial charge in [-0.2, -0.15) is 0 Å². The predicted molar refractivity (Wildman–Crippen MR) is 82.1 cm³/mol. The standard InChI is InChI=1S/C16H22N2O3/c1-4-5-12-6-13(7-14(20-2)15(12)21-3)16(19)18-10-11-8-17-9-11/h4,6-7,11,17H,1,5,8-10H2,2-3H3,(H,18,19). The van der Waals surface area contributed by atoms with E-state index in [0.29, 0.717) is 35.9 Å². The van der Waals surface area contributed by atoms with Crippen molar-refractivity contribution in [3.63, 3.8) is 0 Å². The van der Waals surface area contributed by atoms with Crippen LogP contribution in [0.15, 0.2) is 24.8 Å². The van der Waals surface area contributed by atoms with Crippen LogP contribution in [0.1, 0.15) is 15.9 Å². The zero-order chi connectivity index (χ0) is 15.2. The van der Waals surface area contributed by atoms with Crippen LogP contribution in [0.3, 0.4) is 0 Å². The van der Waals surface area contributed by atoms with Crippen molar-refractivity contribution in [3.8, 4) is 11.5 Å². The summed E-state index contributed by atoms with van der Waals surface area (Å²) < 4.78 is 10.7. The van der Waals surface area contributed by atoms with Gasteiger partial charge in [0.15, 0.2) is 11.5 Å². The number of rotatable bonds is 7. The summed E-state index contributed by atoms with van der Waals surface area (Å²) in [5.41, 5.74) is 1.47. The summed E-state index contributed by atoms with van der Waals surface area (Å²) in [4.78, 5) is 12.3. The van der Waals surface area contributed by atoms with Crippen molar-refractivity contribution < 1.29 is 14.3 Å². The molecule has 2 rings (SSSR count). The second-order valence-electron chi connectivity index (χ2n) is 5.10. The molecule has 0 spiro atoms. The number of carbonyl (C=O) groups is 1. The maximum atomic E-state index is 12.3. The average Bonchev–Trinajstić information content (AvgIpc) is 2.44. The molecule has 0 unspecified atom stereocenters. The molecule has 114 valence electrons. The Morgan fingerprint density at radius 1 is 1.43 bits per heavy atom. The molecule has 1 aliphatic heterocycles. The smallest absolute Gasteiger partial charge is 0.251 e. The number of allylic oxidation sites excluding steroid dienone is 1. The molecule has 1 heterocycles. The second kappa shape index (κ2) is 7.13. The maximum Gasteiger partial charge on any atom is 0.251 e. The zero-order valence-corrected chi connectivity index (χ0v) is 12.6. The molecule has 5 nitrogen and oxygen atoms in total. The molecular formula is C16H22N2O3. The fourth-order valence-corrected chi connectivity index (χ4v) is 2.31. The molecule has 1 aliphatic rings. The minimum atomic E-state index is -0.0897. The maximum absolute atomic E-state index is 12.3. The van der Waals surface area contributed by atoms with E-state index in [1.165, 1.54) is 0 Å². The second-order valence-corrected chi connectivity index (χ2v) is 5.10. The Labute approximate surface area is 125 Å². The zero-order valence-electron chi connectivity index (χ0n) is 12.6. The van der Waals surface area contributed by atoms with Crippen LogP contribution >= 0.6 is 0 Å². The van der Waals surface area contributed by atoms with Crippen LogP contribution in [-0.2, 0) is 6.42 Å². The van der Waals surface area contributed by atoms with Crippen molar-refractivity contribution in [2.45, 2.75) is 6.42 Å². The molecular weight excluding hydrogens is 268 g/mol. The third-order valence-corrected chi connectivity index (χ3v) is 3.60. The molecule has 0 saturated carbocycles. The molecule has 0 radical (unpaired) electrons. The van der Waals surface area contributed by atoms with Gasteiger partial charge in [0.2, 0.25) is 0 Å². The van der Waals surface area contributed by atoms with E-state index in [9.17, 15) is 4.79 Å². The van der Waals surface area contributed by atoms with Crippen molar-refractivity contribution >= 4 is 5.91 Å². The SMILES string of the molecule is C=CCc1cc(C(=O)NCC2CNC2)cc(OC)c1OC. The van der Waals surface area contributed by atoms with E-state index in [1.54, 1.807) is 26.4 Å². The average molecular weight is 290 g/mol. The van der Waals surface area contributed by atoms with Crippen LogP contribution in [0, 0.1) is 5.92 Å². The van der Waals surface area contributed by atoms with Gasteiger partial charge in [0.1, 0.15) is 0 Å². The fraction of sp³-hybridized carbons (Fsp3) is 0.438. The molecule has 0 aromatic heterocycles. The van der Waals surface area contributed by atoms with E-state index >= 15 is 0 Å². The Kier molecular flexibility index (Phi) is 5.22. The molecule has 5 heteroatoms. The van der Waals surface area contributed by atoms with E-state index in [4.69, 9.17) is 9.47 Å². The van der Waals surface area contributed by atoms with Crippen LogP contribution in [-0.4, -0.2) is 39.8 Å². The Bertz CT molecular complexity index is 524. The van der Waals surface area contributed by atoms with Gasteiger partial charge in [-0.3, -0.25) is 4.79 Å². The lowest BCUT2D eigenvalue weighted by Crippen LogP contribution is -2.48. The van der Waals surface area contributed by atoms with Crippen molar-refractivity contribution in [2.24, 2.45) is 5.92 Å². The van der Waals surface area contributed by atoms with E-state index in [0.717, 1.165) is 18.7 Å². The first-order chi connectivity index (χ1) is 10.2. The summed E-state index contributed by atoms with van der Waals surface area (Å²) in [7, 11) is 3.16. The third-order valence-electron chi connectivity index (χ3n) is 3.60. The molecule has 1 aromatic carbocycles. The van der Waals surface area contributed by atoms with Gasteiger partial charge < -0.3 is 20.1 Å². The number of nitrogens with one attached hydrogen (secondary N) is 2. The first-order valence-electron chi connectivity index (χ1n) is 7.04. The van der Waals surface area contributed by atoms with Crippen LogP contribution in [0.25, 0.3) is 0 Å². The van der Waals surface area contributed by atoms with Gasteiger partial charge in [0, 0.05) is 36.7 Å². The Morgan fingerprint density at radius 2 is 2.19 bits per heavy atom. The molecule has 21 heavy (non-hydrogen) atoms. The van der Waals surface area contributed by atoms with Crippen LogP contribution in [0.2, 0.25) is 0 Å². The van der Waals surface area contributed by atoms with Crippen molar-refractivity contribution in [1.82, 2.24) is 10.6 Å². The van der Waals surface area contributed by atoms with E-state index in [2.05, 4.69) is 17.2 Å². The number of carbonyl (C=O) groups excluding carboxylic acids is 1. The number of benzene rings is 1. The molecule has 1 amide bonds. The molecule has 0 atom stereocenters. The largest absolute Gasteiger partial charge is 0.493 e. The first kappa shape index (κ1) is 15.4. The van der Waals surface area contributed by atoms with E-state index in [1.807, 2.05) is 6.07 Å². The third kappa shape index (κ3) is 3.55. The van der Waals surface area contributed by atoms with Crippen molar-refractivity contribution in [2.75, 3.05) is 33.9 Å². The van der Waals surface area contributed by atoms with Crippen LogP contribution < -0.4 is 20.1 Å². The van der Waals surface area contributed by atoms with Gasteiger partial charge in [0.05, 0.1) is 14.2 Å². The van der Waals surface area contributed by atoms with Gasteiger partial charge >= 0.3 is 0 Å².